The number of hydrogen-bond acceptors (Lipinski definition) is 4. The number of ether oxygens (including phenoxy) is 3. The molecule has 92 valence electrons. The molecule has 0 bridgehead atoms. The van der Waals surface area contributed by atoms with E-state index in [9.17, 15) is 4.79 Å². The van der Waals surface area contributed by atoms with Crippen molar-refractivity contribution in [1.82, 2.24) is 0 Å². The maximum Gasteiger partial charge on any atom is 0.330 e. The molecule has 1 saturated carbocycles. The molecule has 0 saturated heterocycles. The van der Waals surface area contributed by atoms with Crippen molar-refractivity contribution in [3.8, 4) is 0 Å². The molecular weight excluding hydrogens is 208 g/mol. The number of carbonyl (C=O) groups is 1. The fourth-order valence-electron chi connectivity index (χ4n) is 1.69. The third kappa shape index (κ3) is 5.88. The fraction of sp³-hybridized carbons (Fsp3) is 0.750. The molecule has 0 radical (unpaired) electrons. The van der Waals surface area contributed by atoms with E-state index < -0.39 is 5.97 Å². The summed E-state index contributed by atoms with van der Waals surface area (Å²) in [5, 5.41) is 0. The zero-order chi connectivity index (χ0) is 11.6. The lowest BCUT2D eigenvalue weighted by Gasteiger charge is -2.10. The molecule has 4 heteroatoms. The van der Waals surface area contributed by atoms with Gasteiger partial charge in [0, 0.05) is 6.08 Å². The Morgan fingerprint density at radius 1 is 1.19 bits per heavy atom. The molecule has 0 unspecified atom stereocenters. The molecule has 0 aromatic carbocycles. The van der Waals surface area contributed by atoms with Gasteiger partial charge in [0.25, 0.3) is 0 Å². The van der Waals surface area contributed by atoms with Gasteiger partial charge >= 0.3 is 5.97 Å². The van der Waals surface area contributed by atoms with E-state index in [1.807, 2.05) is 0 Å². The first-order valence-electron chi connectivity index (χ1n) is 5.81. The van der Waals surface area contributed by atoms with Crippen LogP contribution in [0.25, 0.3) is 0 Å². The van der Waals surface area contributed by atoms with Crippen molar-refractivity contribution >= 4 is 5.97 Å². The van der Waals surface area contributed by atoms with Crippen molar-refractivity contribution in [3.05, 3.63) is 12.7 Å². The van der Waals surface area contributed by atoms with Gasteiger partial charge in [-0.25, -0.2) is 4.79 Å². The monoisotopic (exact) mass is 228 g/mol. The van der Waals surface area contributed by atoms with E-state index in [0.717, 1.165) is 6.08 Å². The zero-order valence-electron chi connectivity index (χ0n) is 9.65. The Morgan fingerprint density at radius 2 is 1.88 bits per heavy atom. The minimum absolute atomic E-state index is 0.272. The Kier molecular flexibility index (Phi) is 6.85. The molecule has 1 rings (SSSR count). The molecule has 0 amide bonds. The van der Waals surface area contributed by atoms with Crippen LogP contribution in [0.5, 0.6) is 0 Å². The molecule has 1 aliphatic rings. The van der Waals surface area contributed by atoms with E-state index in [4.69, 9.17) is 14.2 Å². The molecule has 4 nitrogen and oxygen atoms in total. The topological polar surface area (TPSA) is 44.8 Å². The Balaban J connectivity index is 1.80. The lowest BCUT2D eigenvalue weighted by Crippen LogP contribution is -2.15. The van der Waals surface area contributed by atoms with Crippen LogP contribution in [-0.4, -0.2) is 38.5 Å². The van der Waals surface area contributed by atoms with Crippen molar-refractivity contribution in [3.63, 3.8) is 0 Å². The average Bonchev–Trinajstić information content (AvgIpc) is 2.80. The van der Waals surface area contributed by atoms with Crippen LogP contribution in [0.15, 0.2) is 12.7 Å². The third-order valence-corrected chi connectivity index (χ3v) is 2.52. The molecule has 0 N–H and O–H groups in total. The van der Waals surface area contributed by atoms with Gasteiger partial charge in [-0.3, -0.25) is 0 Å². The molecule has 16 heavy (non-hydrogen) atoms. The van der Waals surface area contributed by atoms with Crippen molar-refractivity contribution in [2.24, 2.45) is 0 Å². The molecule has 0 heterocycles. The molecule has 1 aliphatic carbocycles. The highest BCUT2D eigenvalue weighted by Gasteiger charge is 2.14. The Bertz CT molecular complexity index is 209. The first-order chi connectivity index (χ1) is 7.83. The van der Waals surface area contributed by atoms with Gasteiger partial charge < -0.3 is 14.2 Å². The first kappa shape index (κ1) is 13.2. The van der Waals surface area contributed by atoms with Crippen molar-refractivity contribution in [1.29, 1.82) is 0 Å². The maximum atomic E-state index is 10.7. The van der Waals surface area contributed by atoms with Crippen LogP contribution >= 0.6 is 0 Å². The lowest BCUT2D eigenvalue weighted by molar-refractivity contribution is -0.139. The molecular formula is C12H20O4. The average molecular weight is 228 g/mol. The summed E-state index contributed by atoms with van der Waals surface area (Å²) >= 11 is 0. The SMILES string of the molecule is C=CC(=O)OCCOCCOC1CCCC1. The van der Waals surface area contributed by atoms with Crippen LogP contribution in [0.3, 0.4) is 0 Å². The minimum atomic E-state index is -0.411. The van der Waals surface area contributed by atoms with Crippen LogP contribution in [-0.2, 0) is 19.0 Å². The molecule has 1 fully saturated rings. The Morgan fingerprint density at radius 3 is 2.56 bits per heavy atom. The summed E-state index contributed by atoms with van der Waals surface area (Å²) in [6.07, 6.45) is 6.49. The summed E-state index contributed by atoms with van der Waals surface area (Å²) in [4.78, 5) is 10.7. The predicted octanol–water partition coefficient (Wildman–Crippen LogP) is 1.69. The molecule has 0 aliphatic heterocycles. The summed E-state index contributed by atoms with van der Waals surface area (Å²) in [5.41, 5.74) is 0. The van der Waals surface area contributed by atoms with E-state index in [1.54, 1.807) is 0 Å². The number of carbonyl (C=O) groups excluding carboxylic acids is 1. The van der Waals surface area contributed by atoms with Crippen LogP contribution in [0.1, 0.15) is 25.7 Å². The Hall–Kier alpha value is -0.870. The van der Waals surface area contributed by atoms with Gasteiger partial charge in [0.1, 0.15) is 6.61 Å². The fourth-order valence-corrected chi connectivity index (χ4v) is 1.69. The van der Waals surface area contributed by atoms with E-state index >= 15 is 0 Å². The van der Waals surface area contributed by atoms with Gasteiger partial charge in [-0.15, -0.1) is 0 Å². The van der Waals surface area contributed by atoms with E-state index in [1.165, 1.54) is 25.7 Å². The molecule has 0 atom stereocenters. The van der Waals surface area contributed by atoms with Crippen LogP contribution < -0.4 is 0 Å². The lowest BCUT2D eigenvalue weighted by atomic mass is 10.3. The van der Waals surface area contributed by atoms with E-state index in [-0.39, 0.29) is 6.61 Å². The summed E-state index contributed by atoms with van der Waals surface area (Å²) in [6, 6.07) is 0. The second-order valence-corrected chi connectivity index (χ2v) is 3.76. The van der Waals surface area contributed by atoms with Crippen LogP contribution in [0.4, 0.5) is 0 Å². The first-order valence-corrected chi connectivity index (χ1v) is 5.81. The second kappa shape index (κ2) is 8.30. The summed E-state index contributed by atoms with van der Waals surface area (Å²) in [7, 11) is 0. The van der Waals surface area contributed by atoms with Gasteiger partial charge in [-0.05, 0) is 12.8 Å². The molecule has 0 aromatic rings. The third-order valence-electron chi connectivity index (χ3n) is 2.52. The Labute approximate surface area is 96.6 Å². The summed E-state index contributed by atoms with van der Waals surface area (Å²) in [5.74, 6) is -0.411. The van der Waals surface area contributed by atoms with Gasteiger partial charge in [-0.1, -0.05) is 19.4 Å². The smallest absolute Gasteiger partial charge is 0.330 e. The number of rotatable bonds is 8. The summed E-state index contributed by atoms with van der Waals surface area (Å²) < 4.78 is 15.6. The quantitative estimate of drug-likeness (QED) is 0.360. The summed E-state index contributed by atoms with van der Waals surface area (Å²) in [6.45, 7) is 5.16. The maximum absolute atomic E-state index is 10.7. The van der Waals surface area contributed by atoms with Gasteiger partial charge in [0.2, 0.25) is 0 Å². The van der Waals surface area contributed by atoms with Crippen molar-refractivity contribution in [2.45, 2.75) is 31.8 Å². The normalized spacial score (nSPS) is 16.2. The molecule has 0 aromatic heterocycles. The van der Waals surface area contributed by atoms with Gasteiger partial charge in [0.15, 0.2) is 0 Å². The minimum Gasteiger partial charge on any atom is -0.460 e. The van der Waals surface area contributed by atoms with Crippen LogP contribution in [0, 0.1) is 0 Å². The largest absolute Gasteiger partial charge is 0.460 e. The van der Waals surface area contributed by atoms with Crippen molar-refractivity contribution in [2.75, 3.05) is 26.4 Å². The second-order valence-electron chi connectivity index (χ2n) is 3.76. The highest BCUT2D eigenvalue weighted by molar-refractivity contribution is 5.81. The highest BCUT2D eigenvalue weighted by atomic mass is 16.6. The standard InChI is InChI=1S/C12H20O4/c1-2-12(13)16-10-8-14-7-9-15-11-5-3-4-6-11/h2,11H,1,3-10H2. The van der Waals surface area contributed by atoms with Gasteiger partial charge in [-0.2, -0.15) is 0 Å². The zero-order valence-corrected chi connectivity index (χ0v) is 9.65. The van der Waals surface area contributed by atoms with E-state index in [0.29, 0.717) is 25.9 Å². The van der Waals surface area contributed by atoms with E-state index in [2.05, 4.69) is 6.58 Å². The van der Waals surface area contributed by atoms with Crippen molar-refractivity contribution < 1.29 is 19.0 Å². The molecule has 0 spiro atoms. The number of esters is 1. The predicted molar refractivity (Wildman–Crippen MR) is 60.2 cm³/mol. The number of hydrogen-bond donors (Lipinski definition) is 0. The van der Waals surface area contributed by atoms with Gasteiger partial charge in [0.05, 0.1) is 25.9 Å². The van der Waals surface area contributed by atoms with Crippen LogP contribution in [0.2, 0.25) is 0 Å². The highest BCUT2D eigenvalue weighted by Crippen LogP contribution is 2.20.